The number of nitrogens with zero attached hydrogens (tertiary/aromatic N) is 2. The summed E-state index contributed by atoms with van der Waals surface area (Å²) in [4.78, 5) is 16.6. The second kappa shape index (κ2) is 6.06. The summed E-state index contributed by atoms with van der Waals surface area (Å²) in [5.41, 5.74) is 1.55. The van der Waals surface area contributed by atoms with Crippen molar-refractivity contribution in [3.63, 3.8) is 0 Å². The normalized spacial score (nSPS) is 12.5. The topological polar surface area (TPSA) is 65.8 Å². The summed E-state index contributed by atoms with van der Waals surface area (Å²) in [6.45, 7) is 6.20. The molecule has 1 N–H and O–H groups in total. The number of benzene rings is 1. The first-order chi connectivity index (χ1) is 9.91. The Kier molecular flexibility index (Phi) is 4.39. The van der Waals surface area contributed by atoms with Crippen molar-refractivity contribution in [1.29, 1.82) is 5.26 Å². The number of hydrogen-bond donors (Lipinski definition) is 1. The van der Waals surface area contributed by atoms with E-state index in [9.17, 15) is 10.1 Å². The molecule has 0 bridgehead atoms. The summed E-state index contributed by atoms with van der Waals surface area (Å²) in [6.07, 6.45) is 0. The summed E-state index contributed by atoms with van der Waals surface area (Å²) in [7, 11) is 0. The summed E-state index contributed by atoms with van der Waals surface area (Å²) < 4.78 is 0. The third kappa shape index (κ3) is 3.67. The van der Waals surface area contributed by atoms with Gasteiger partial charge in [0.05, 0.1) is 11.8 Å². The van der Waals surface area contributed by atoms with Gasteiger partial charge in [-0.25, -0.2) is 4.98 Å². The molecule has 1 atom stereocenters. The number of carbonyl (C=O) groups is 1. The number of nitriles is 1. The highest BCUT2D eigenvalue weighted by molar-refractivity contribution is 7.14. The van der Waals surface area contributed by atoms with Crippen molar-refractivity contribution in [3.8, 4) is 6.07 Å². The maximum atomic E-state index is 12.2. The van der Waals surface area contributed by atoms with Gasteiger partial charge in [-0.3, -0.25) is 4.79 Å². The van der Waals surface area contributed by atoms with Gasteiger partial charge in [0, 0.05) is 10.8 Å². The van der Waals surface area contributed by atoms with Gasteiger partial charge in [0.2, 0.25) is 5.91 Å². The van der Waals surface area contributed by atoms with Gasteiger partial charge in [0.1, 0.15) is 0 Å². The van der Waals surface area contributed by atoms with Crippen LogP contribution in [-0.2, 0) is 10.2 Å². The van der Waals surface area contributed by atoms with Crippen molar-refractivity contribution in [1.82, 2.24) is 4.98 Å². The zero-order chi connectivity index (χ0) is 15.5. The molecule has 1 heterocycles. The van der Waals surface area contributed by atoms with E-state index < -0.39 is 5.92 Å². The van der Waals surface area contributed by atoms with E-state index >= 15 is 0 Å². The highest BCUT2D eigenvalue weighted by atomic mass is 32.1. The Hall–Kier alpha value is -2.19. The lowest BCUT2D eigenvalue weighted by Gasteiger charge is -2.14. The van der Waals surface area contributed by atoms with Crippen LogP contribution in [0, 0.1) is 11.3 Å². The van der Waals surface area contributed by atoms with Crippen molar-refractivity contribution in [2.24, 2.45) is 0 Å². The molecular weight excluding hydrogens is 282 g/mol. The van der Waals surface area contributed by atoms with Crippen molar-refractivity contribution in [2.75, 3.05) is 5.32 Å². The summed E-state index contributed by atoms with van der Waals surface area (Å²) in [5.74, 6) is -1.17. The average Bonchev–Trinajstić information content (AvgIpc) is 2.89. The third-order valence-electron chi connectivity index (χ3n) is 3.03. The van der Waals surface area contributed by atoms with Crippen LogP contribution in [0.3, 0.4) is 0 Å². The number of amides is 1. The molecule has 1 aromatic heterocycles. The number of hydrogen-bond acceptors (Lipinski definition) is 4. The minimum absolute atomic E-state index is 0.0620. The van der Waals surface area contributed by atoms with E-state index in [-0.39, 0.29) is 11.3 Å². The Morgan fingerprint density at radius 2 is 2.00 bits per heavy atom. The molecule has 1 unspecified atom stereocenters. The zero-order valence-corrected chi connectivity index (χ0v) is 13.1. The first kappa shape index (κ1) is 15.2. The molecule has 0 aliphatic heterocycles. The van der Waals surface area contributed by atoms with Crippen molar-refractivity contribution in [2.45, 2.75) is 32.1 Å². The monoisotopic (exact) mass is 299 g/mol. The molecule has 1 amide bonds. The lowest BCUT2D eigenvalue weighted by atomic mass is 9.93. The Morgan fingerprint density at radius 1 is 1.33 bits per heavy atom. The predicted molar refractivity (Wildman–Crippen MR) is 84.2 cm³/mol. The first-order valence-corrected chi connectivity index (χ1v) is 7.51. The molecule has 0 fully saturated rings. The lowest BCUT2D eigenvalue weighted by Crippen LogP contribution is -2.20. The number of carbonyl (C=O) groups excluding carboxylic acids is 1. The molecule has 21 heavy (non-hydrogen) atoms. The summed E-state index contributed by atoms with van der Waals surface area (Å²) in [6, 6.07) is 11.1. The molecule has 0 saturated heterocycles. The van der Waals surface area contributed by atoms with E-state index in [1.807, 2.05) is 29.6 Å². The first-order valence-electron chi connectivity index (χ1n) is 6.63. The van der Waals surface area contributed by atoms with Crippen LogP contribution < -0.4 is 5.32 Å². The molecule has 0 saturated carbocycles. The smallest absolute Gasteiger partial charge is 0.248 e. The van der Waals surface area contributed by atoms with E-state index in [1.165, 1.54) is 11.3 Å². The maximum absolute atomic E-state index is 12.2. The standard InChI is InChI=1S/C16H17N3OS/c1-16(2,3)13-10-21-15(18-13)19-14(20)12(9-17)11-7-5-4-6-8-11/h4-8,10,12H,1-3H3,(H,18,19,20). The molecule has 0 aliphatic carbocycles. The van der Waals surface area contributed by atoms with E-state index in [4.69, 9.17) is 0 Å². The fourth-order valence-corrected chi connectivity index (χ4v) is 2.72. The fraction of sp³-hybridized carbons (Fsp3) is 0.312. The largest absolute Gasteiger partial charge is 0.301 e. The molecule has 1 aromatic carbocycles. The number of thiazole rings is 1. The molecule has 0 radical (unpaired) electrons. The van der Waals surface area contributed by atoms with Crippen LogP contribution in [0.15, 0.2) is 35.7 Å². The van der Waals surface area contributed by atoms with Gasteiger partial charge in [0.25, 0.3) is 0 Å². The van der Waals surface area contributed by atoms with Gasteiger partial charge in [-0.05, 0) is 5.56 Å². The molecule has 2 rings (SSSR count). The van der Waals surface area contributed by atoms with Crippen molar-refractivity contribution in [3.05, 3.63) is 47.0 Å². The Labute approximate surface area is 128 Å². The summed E-state index contributed by atoms with van der Waals surface area (Å²) >= 11 is 1.38. The van der Waals surface area contributed by atoms with Crippen LogP contribution in [0.5, 0.6) is 0 Å². The third-order valence-corrected chi connectivity index (χ3v) is 3.78. The molecule has 5 heteroatoms. The van der Waals surface area contributed by atoms with Crippen molar-refractivity contribution >= 4 is 22.4 Å². The Balaban J connectivity index is 2.14. The van der Waals surface area contributed by atoms with Gasteiger partial charge in [-0.15, -0.1) is 11.3 Å². The van der Waals surface area contributed by atoms with E-state index in [2.05, 4.69) is 31.1 Å². The average molecular weight is 299 g/mol. The Bertz CT molecular complexity index is 665. The predicted octanol–water partition coefficient (Wildman–Crippen LogP) is 3.69. The zero-order valence-electron chi connectivity index (χ0n) is 12.3. The minimum Gasteiger partial charge on any atom is -0.301 e. The number of aromatic nitrogens is 1. The number of anilines is 1. The van der Waals surface area contributed by atoms with Gasteiger partial charge >= 0.3 is 0 Å². The van der Waals surface area contributed by atoms with Crippen LogP contribution in [0.25, 0.3) is 0 Å². The number of rotatable bonds is 3. The Morgan fingerprint density at radius 3 is 2.52 bits per heavy atom. The van der Waals surface area contributed by atoms with Crippen molar-refractivity contribution < 1.29 is 4.79 Å². The lowest BCUT2D eigenvalue weighted by molar-refractivity contribution is -0.116. The van der Waals surface area contributed by atoms with Gasteiger partial charge in [-0.2, -0.15) is 5.26 Å². The van der Waals surface area contributed by atoms with Gasteiger partial charge in [-0.1, -0.05) is 51.1 Å². The second-order valence-electron chi connectivity index (χ2n) is 5.75. The highest BCUT2D eigenvalue weighted by Gasteiger charge is 2.22. The highest BCUT2D eigenvalue weighted by Crippen LogP contribution is 2.27. The van der Waals surface area contributed by atoms with E-state index in [0.717, 1.165) is 5.69 Å². The van der Waals surface area contributed by atoms with E-state index in [1.54, 1.807) is 12.1 Å². The minimum atomic E-state index is -0.826. The van der Waals surface area contributed by atoms with Crippen LogP contribution in [0.4, 0.5) is 5.13 Å². The molecule has 4 nitrogen and oxygen atoms in total. The quantitative estimate of drug-likeness (QED) is 0.940. The number of nitrogens with one attached hydrogen (secondary N) is 1. The SMILES string of the molecule is CC(C)(C)c1csc(NC(=O)C(C#N)c2ccccc2)n1. The fourth-order valence-electron chi connectivity index (χ4n) is 1.78. The van der Waals surface area contributed by atoms with Crippen LogP contribution in [0.1, 0.15) is 37.9 Å². The van der Waals surface area contributed by atoms with Gasteiger partial charge in [0.15, 0.2) is 11.0 Å². The van der Waals surface area contributed by atoms with Crippen LogP contribution in [-0.4, -0.2) is 10.9 Å². The maximum Gasteiger partial charge on any atom is 0.248 e. The van der Waals surface area contributed by atoms with Gasteiger partial charge < -0.3 is 5.32 Å². The molecular formula is C16H17N3OS. The molecule has 0 spiro atoms. The molecule has 108 valence electrons. The molecule has 2 aromatic rings. The van der Waals surface area contributed by atoms with Crippen LogP contribution in [0.2, 0.25) is 0 Å². The second-order valence-corrected chi connectivity index (χ2v) is 6.61. The van der Waals surface area contributed by atoms with Crippen LogP contribution >= 0.6 is 11.3 Å². The summed E-state index contributed by atoms with van der Waals surface area (Å²) in [5, 5.41) is 14.4. The van der Waals surface area contributed by atoms with E-state index in [0.29, 0.717) is 10.7 Å². The molecule has 0 aliphatic rings.